The van der Waals surface area contributed by atoms with Crippen LogP contribution >= 0.6 is 31.9 Å². The predicted molar refractivity (Wildman–Crippen MR) is 83.5 cm³/mol. The molecule has 6 heteroatoms. The standard InChI is InChI=1S/C13H18Br2N2O2/c1-17(7-8-19-2)6-5-16-13(18)11-9-10(14)3-4-12(11)15/h3-4,9H,5-8H2,1-2H3,(H,16,18). The van der Waals surface area contributed by atoms with E-state index in [4.69, 9.17) is 4.74 Å². The molecule has 1 amide bonds. The summed E-state index contributed by atoms with van der Waals surface area (Å²) in [5.74, 6) is -0.0756. The van der Waals surface area contributed by atoms with Crippen molar-refractivity contribution in [2.24, 2.45) is 0 Å². The Kier molecular flexibility index (Phi) is 7.60. The van der Waals surface area contributed by atoms with Crippen LogP contribution in [0.25, 0.3) is 0 Å². The van der Waals surface area contributed by atoms with Crippen LogP contribution in [0.2, 0.25) is 0 Å². The summed E-state index contributed by atoms with van der Waals surface area (Å²) in [6.07, 6.45) is 0. The molecular weight excluding hydrogens is 376 g/mol. The van der Waals surface area contributed by atoms with E-state index < -0.39 is 0 Å². The molecule has 0 saturated heterocycles. The third-order valence-electron chi connectivity index (χ3n) is 2.63. The van der Waals surface area contributed by atoms with Crippen molar-refractivity contribution in [1.29, 1.82) is 0 Å². The van der Waals surface area contributed by atoms with E-state index in [2.05, 4.69) is 42.1 Å². The van der Waals surface area contributed by atoms with Crippen molar-refractivity contribution in [3.8, 4) is 0 Å². The number of carbonyl (C=O) groups is 1. The number of ether oxygens (including phenoxy) is 1. The molecule has 0 aliphatic rings. The van der Waals surface area contributed by atoms with Crippen LogP contribution in [0.4, 0.5) is 0 Å². The van der Waals surface area contributed by atoms with Gasteiger partial charge < -0.3 is 15.0 Å². The minimum Gasteiger partial charge on any atom is -0.383 e. The lowest BCUT2D eigenvalue weighted by Gasteiger charge is -2.16. The Hall–Kier alpha value is -0.430. The third kappa shape index (κ3) is 6.03. The Labute approximate surface area is 130 Å². The maximum Gasteiger partial charge on any atom is 0.252 e. The molecule has 0 radical (unpaired) electrons. The molecule has 0 fully saturated rings. The average molecular weight is 394 g/mol. The zero-order chi connectivity index (χ0) is 14.3. The van der Waals surface area contributed by atoms with Gasteiger partial charge in [-0.2, -0.15) is 0 Å². The minimum atomic E-state index is -0.0756. The van der Waals surface area contributed by atoms with E-state index in [1.54, 1.807) is 13.2 Å². The fourth-order valence-corrected chi connectivity index (χ4v) is 2.27. The number of carbonyl (C=O) groups excluding carboxylic acids is 1. The summed E-state index contributed by atoms with van der Waals surface area (Å²) >= 11 is 6.74. The molecule has 0 unspecified atom stereocenters. The first-order valence-corrected chi connectivity index (χ1v) is 7.54. The topological polar surface area (TPSA) is 41.6 Å². The largest absolute Gasteiger partial charge is 0.383 e. The summed E-state index contributed by atoms with van der Waals surface area (Å²) in [7, 11) is 3.68. The van der Waals surface area contributed by atoms with E-state index in [1.807, 2.05) is 19.2 Å². The molecule has 1 rings (SSSR count). The van der Waals surface area contributed by atoms with Crippen LogP contribution in [0.3, 0.4) is 0 Å². The zero-order valence-corrected chi connectivity index (χ0v) is 14.3. The van der Waals surface area contributed by atoms with E-state index in [-0.39, 0.29) is 5.91 Å². The number of hydrogen-bond donors (Lipinski definition) is 1. The summed E-state index contributed by atoms with van der Waals surface area (Å²) in [5.41, 5.74) is 0.633. The van der Waals surface area contributed by atoms with Crippen molar-refractivity contribution in [2.45, 2.75) is 0 Å². The highest BCUT2D eigenvalue weighted by Gasteiger charge is 2.10. The number of rotatable bonds is 7. The van der Waals surface area contributed by atoms with Crippen molar-refractivity contribution >= 4 is 37.8 Å². The van der Waals surface area contributed by atoms with Crippen LogP contribution in [0.15, 0.2) is 27.1 Å². The van der Waals surface area contributed by atoms with Crippen LogP contribution < -0.4 is 5.32 Å². The number of methoxy groups -OCH3 is 1. The van der Waals surface area contributed by atoms with Crippen molar-refractivity contribution in [3.05, 3.63) is 32.7 Å². The van der Waals surface area contributed by atoms with Gasteiger partial charge in [-0.15, -0.1) is 0 Å². The van der Waals surface area contributed by atoms with Gasteiger partial charge in [0.15, 0.2) is 0 Å². The molecule has 0 aliphatic heterocycles. The van der Waals surface area contributed by atoms with E-state index >= 15 is 0 Å². The predicted octanol–water partition coefficient (Wildman–Crippen LogP) is 2.52. The summed E-state index contributed by atoms with van der Waals surface area (Å²) in [6.45, 7) is 2.95. The second-order valence-corrected chi connectivity index (χ2v) is 5.95. The summed E-state index contributed by atoms with van der Waals surface area (Å²) in [6, 6.07) is 5.54. The van der Waals surface area contributed by atoms with Gasteiger partial charge in [0, 0.05) is 35.7 Å². The summed E-state index contributed by atoms with van der Waals surface area (Å²) < 4.78 is 6.68. The lowest BCUT2D eigenvalue weighted by Crippen LogP contribution is -2.34. The first-order chi connectivity index (χ1) is 9.04. The van der Waals surface area contributed by atoms with Crippen molar-refractivity contribution in [2.75, 3.05) is 40.4 Å². The van der Waals surface area contributed by atoms with Crippen molar-refractivity contribution in [3.63, 3.8) is 0 Å². The fraction of sp³-hybridized carbons (Fsp3) is 0.462. The molecule has 0 atom stereocenters. The zero-order valence-electron chi connectivity index (χ0n) is 11.1. The molecule has 1 N–H and O–H groups in total. The van der Waals surface area contributed by atoms with E-state index in [1.165, 1.54) is 0 Å². The Balaban J connectivity index is 2.41. The van der Waals surface area contributed by atoms with E-state index in [0.29, 0.717) is 18.7 Å². The molecule has 19 heavy (non-hydrogen) atoms. The maximum atomic E-state index is 12.0. The van der Waals surface area contributed by atoms with Gasteiger partial charge >= 0.3 is 0 Å². The minimum absolute atomic E-state index is 0.0756. The first kappa shape index (κ1) is 16.6. The highest BCUT2D eigenvalue weighted by Crippen LogP contribution is 2.21. The average Bonchev–Trinajstić information content (AvgIpc) is 2.39. The highest BCUT2D eigenvalue weighted by atomic mass is 79.9. The van der Waals surface area contributed by atoms with Gasteiger partial charge in [-0.25, -0.2) is 0 Å². The molecule has 0 heterocycles. The number of likely N-dealkylation sites (N-methyl/N-ethyl adjacent to an activating group) is 1. The summed E-state index contributed by atoms with van der Waals surface area (Å²) in [5, 5.41) is 2.90. The quantitative estimate of drug-likeness (QED) is 0.773. The number of halogens is 2. The molecule has 106 valence electrons. The van der Waals surface area contributed by atoms with Gasteiger partial charge in [0.1, 0.15) is 0 Å². The van der Waals surface area contributed by atoms with Crippen LogP contribution in [0, 0.1) is 0 Å². The van der Waals surface area contributed by atoms with Gasteiger partial charge in [0.05, 0.1) is 12.2 Å². The number of nitrogens with zero attached hydrogens (tertiary/aromatic N) is 1. The van der Waals surface area contributed by atoms with Crippen LogP contribution in [0.5, 0.6) is 0 Å². The van der Waals surface area contributed by atoms with Gasteiger partial charge in [-0.3, -0.25) is 4.79 Å². The molecule has 0 aromatic heterocycles. The number of nitrogens with one attached hydrogen (secondary N) is 1. The number of hydrogen-bond acceptors (Lipinski definition) is 3. The molecule has 4 nitrogen and oxygen atoms in total. The first-order valence-electron chi connectivity index (χ1n) is 5.95. The lowest BCUT2D eigenvalue weighted by atomic mass is 10.2. The van der Waals surface area contributed by atoms with Gasteiger partial charge in [0.25, 0.3) is 5.91 Å². The Morgan fingerprint density at radius 2 is 2.11 bits per heavy atom. The SMILES string of the molecule is COCCN(C)CCNC(=O)c1cc(Br)ccc1Br. The van der Waals surface area contributed by atoms with Crippen LogP contribution in [-0.2, 0) is 4.74 Å². The smallest absolute Gasteiger partial charge is 0.252 e. The molecule has 0 bridgehead atoms. The van der Waals surface area contributed by atoms with Crippen molar-refractivity contribution < 1.29 is 9.53 Å². The van der Waals surface area contributed by atoms with E-state index in [0.717, 1.165) is 22.0 Å². The Morgan fingerprint density at radius 3 is 2.79 bits per heavy atom. The molecule has 1 aromatic rings. The Morgan fingerprint density at radius 1 is 1.37 bits per heavy atom. The Bertz CT molecular complexity index is 427. The van der Waals surface area contributed by atoms with Gasteiger partial charge in [-0.05, 0) is 41.2 Å². The number of amides is 1. The number of benzene rings is 1. The van der Waals surface area contributed by atoms with Crippen LogP contribution in [0.1, 0.15) is 10.4 Å². The fourth-order valence-electron chi connectivity index (χ4n) is 1.49. The summed E-state index contributed by atoms with van der Waals surface area (Å²) in [4.78, 5) is 14.1. The second-order valence-electron chi connectivity index (χ2n) is 4.18. The maximum absolute atomic E-state index is 12.0. The second kappa shape index (κ2) is 8.68. The lowest BCUT2D eigenvalue weighted by molar-refractivity contribution is 0.0946. The normalized spacial score (nSPS) is 10.8. The highest BCUT2D eigenvalue weighted by molar-refractivity contribution is 9.11. The molecular formula is C13H18Br2N2O2. The van der Waals surface area contributed by atoms with Crippen LogP contribution in [-0.4, -0.2) is 51.2 Å². The van der Waals surface area contributed by atoms with Gasteiger partial charge in [0.2, 0.25) is 0 Å². The van der Waals surface area contributed by atoms with E-state index in [9.17, 15) is 4.79 Å². The molecule has 0 aliphatic carbocycles. The molecule has 1 aromatic carbocycles. The third-order valence-corrected chi connectivity index (χ3v) is 3.81. The van der Waals surface area contributed by atoms with Gasteiger partial charge in [-0.1, -0.05) is 15.9 Å². The monoisotopic (exact) mass is 392 g/mol. The van der Waals surface area contributed by atoms with Crippen molar-refractivity contribution in [1.82, 2.24) is 10.2 Å². The molecule has 0 spiro atoms. The molecule has 0 saturated carbocycles.